The molecule has 1 saturated carbocycles. The van der Waals surface area contributed by atoms with Gasteiger partial charge in [0.1, 0.15) is 12.2 Å². The molecule has 4 aromatic carbocycles. The van der Waals surface area contributed by atoms with Gasteiger partial charge >= 0.3 is 0 Å². The van der Waals surface area contributed by atoms with Crippen molar-refractivity contribution in [2.24, 2.45) is 0 Å². The van der Waals surface area contributed by atoms with Gasteiger partial charge < -0.3 is 30.6 Å². The first-order chi connectivity index (χ1) is 20.9. The van der Waals surface area contributed by atoms with Crippen LogP contribution in [0.3, 0.4) is 0 Å². The summed E-state index contributed by atoms with van der Waals surface area (Å²) in [4.78, 5) is 56.7. The van der Waals surface area contributed by atoms with Crippen LogP contribution < -0.4 is 0 Å². The fourth-order valence-corrected chi connectivity index (χ4v) is 5.88. The zero-order valence-corrected chi connectivity index (χ0v) is 23.0. The Morgan fingerprint density at radius 1 is 0.409 bits per heavy atom. The number of aliphatic hydroxyl groups excluding tert-OH is 2. The van der Waals surface area contributed by atoms with Crippen molar-refractivity contribution in [3.05, 3.63) is 144 Å². The molecule has 0 aliphatic heterocycles. The molecule has 1 aliphatic rings. The Balaban J connectivity index is 1.90. The van der Waals surface area contributed by atoms with E-state index < -0.39 is 74.4 Å². The minimum atomic E-state index is -4.11. The second-order valence-electron chi connectivity index (χ2n) is 10.7. The quantitative estimate of drug-likeness (QED) is 0.161. The molecule has 6 N–H and O–H groups in total. The van der Waals surface area contributed by atoms with E-state index in [2.05, 4.69) is 0 Å². The van der Waals surface area contributed by atoms with Crippen LogP contribution >= 0.6 is 0 Å². The highest BCUT2D eigenvalue weighted by atomic mass is 16.5. The fourth-order valence-electron chi connectivity index (χ4n) is 5.88. The smallest absolute Gasteiger partial charge is 0.205 e. The molecule has 0 bridgehead atoms. The number of rotatable bonds is 8. The second kappa shape index (κ2) is 11.1. The zero-order valence-electron chi connectivity index (χ0n) is 23.0. The summed E-state index contributed by atoms with van der Waals surface area (Å²) in [6.07, 6.45) is -6.38. The van der Waals surface area contributed by atoms with Gasteiger partial charge in [-0.05, 0) is 0 Å². The predicted octanol–water partition coefficient (Wildman–Crippen LogP) is 1.18. The standard InChI is InChI=1S/C34H28O10/c35-25(21-13-5-1-6-14-21)31(41)29(39)32(42,26(36)22-15-7-2-8-16-22)34(44,28(38)24-19-11-4-12-20-24)33(43,30(31)40)27(37)23-17-9-3-10-18-23/h1-20,29-30,39-44H/t29-,30-,31?,32-,33+,34?/m1/s1. The van der Waals surface area contributed by atoms with Crippen LogP contribution in [0.5, 0.6) is 0 Å². The van der Waals surface area contributed by atoms with E-state index in [0.29, 0.717) is 0 Å². The van der Waals surface area contributed by atoms with E-state index in [-0.39, 0.29) is 5.56 Å². The molecule has 0 aromatic heterocycles. The van der Waals surface area contributed by atoms with Crippen molar-refractivity contribution < 1.29 is 49.8 Å². The Bertz CT molecular complexity index is 1640. The molecular formula is C34H28O10. The highest BCUT2D eigenvalue weighted by Gasteiger charge is 2.86. The van der Waals surface area contributed by atoms with Gasteiger partial charge in [-0.3, -0.25) is 19.2 Å². The predicted molar refractivity (Wildman–Crippen MR) is 155 cm³/mol. The molecule has 224 valence electrons. The number of hydrogen-bond acceptors (Lipinski definition) is 10. The van der Waals surface area contributed by atoms with Crippen LogP contribution in [0.2, 0.25) is 0 Å². The molecule has 0 heterocycles. The third-order valence-electron chi connectivity index (χ3n) is 8.26. The van der Waals surface area contributed by atoms with Gasteiger partial charge in [-0.25, -0.2) is 0 Å². The lowest BCUT2D eigenvalue weighted by atomic mass is 9.49. The number of carbonyl (C=O) groups excluding carboxylic acids is 4. The van der Waals surface area contributed by atoms with Crippen LogP contribution in [0.25, 0.3) is 0 Å². The number of Topliss-reactive ketones (excluding diaryl/α,β-unsaturated/α-hetero) is 4. The molecule has 10 nitrogen and oxygen atoms in total. The van der Waals surface area contributed by atoms with E-state index in [1.807, 2.05) is 0 Å². The van der Waals surface area contributed by atoms with Crippen molar-refractivity contribution in [2.45, 2.75) is 34.6 Å². The largest absolute Gasteiger partial charge is 0.386 e. The van der Waals surface area contributed by atoms with Gasteiger partial charge in [0.25, 0.3) is 0 Å². The Kier molecular flexibility index (Phi) is 7.77. The van der Waals surface area contributed by atoms with E-state index in [1.54, 1.807) is 0 Å². The first-order valence-corrected chi connectivity index (χ1v) is 13.5. The molecule has 0 spiro atoms. The number of carbonyl (C=O) groups is 4. The molecule has 1 fully saturated rings. The summed E-state index contributed by atoms with van der Waals surface area (Å²) in [5.41, 5.74) is -17.6. The van der Waals surface area contributed by atoms with E-state index in [1.165, 1.54) is 84.9 Å². The van der Waals surface area contributed by atoms with Crippen molar-refractivity contribution in [1.29, 1.82) is 0 Å². The van der Waals surface area contributed by atoms with Crippen LogP contribution in [0.4, 0.5) is 0 Å². The van der Waals surface area contributed by atoms with Gasteiger partial charge in [0.05, 0.1) is 0 Å². The topological polar surface area (TPSA) is 190 Å². The van der Waals surface area contributed by atoms with Crippen molar-refractivity contribution in [3.63, 3.8) is 0 Å². The van der Waals surface area contributed by atoms with Gasteiger partial charge in [0.15, 0.2) is 22.6 Å². The normalized spacial score (nSPS) is 29.9. The molecular weight excluding hydrogens is 568 g/mol. The summed E-state index contributed by atoms with van der Waals surface area (Å²) < 4.78 is 0. The molecule has 6 atom stereocenters. The van der Waals surface area contributed by atoms with Gasteiger partial charge in [-0.1, -0.05) is 121 Å². The first-order valence-electron chi connectivity index (χ1n) is 13.5. The lowest BCUT2D eigenvalue weighted by Crippen LogP contribution is -2.92. The Labute approximate surface area is 251 Å². The molecule has 0 amide bonds. The highest BCUT2D eigenvalue weighted by molar-refractivity contribution is 6.20. The monoisotopic (exact) mass is 596 g/mol. The lowest BCUT2D eigenvalue weighted by Gasteiger charge is -2.61. The van der Waals surface area contributed by atoms with E-state index >= 15 is 0 Å². The summed E-state index contributed by atoms with van der Waals surface area (Å²) in [5, 5.41) is 72.8. The molecule has 10 heteroatoms. The molecule has 5 rings (SSSR count). The summed E-state index contributed by atoms with van der Waals surface area (Å²) >= 11 is 0. The molecule has 0 saturated heterocycles. The second-order valence-corrected chi connectivity index (χ2v) is 10.7. The minimum absolute atomic E-state index is 0.364. The third-order valence-corrected chi connectivity index (χ3v) is 8.26. The maximum absolute atomic E-state index is 14.3. The Morgan fingerprint density at radius 2 is 0.659 bits per heavy atom. The number of benzene rings is 4. The lowest BCUT2D eigenvalue weighted by molar-refractivity contribution is -0.314. The van der Waals surface area contributed by atoms with E-state index in [0.717, 1.165) is 36.4 Å². The molecule has 4 aromatic rings. The summed E-state index contributed by atoms with van der Waals surface area (Å²) in [7, 11) is 0. The van der Waals surface area contributed by atoms with Gasteiger partial charge in [0, 0.05) is 22.3 Å². The van der Waals surface area contributed by atoms with Gasteiger partial charge in [-0.2, -0.15) is 0 Å². The van der Waals surface area contributed by atoms with E-state index in [4.69, 9.17) is 0 Å². The van der Waals surface area contributed by atoms with Crippen molar-refractivity contribution in [2.75, 3.05) is 0 Å². The van der Waals surface area contributed by atoms with Gasteiger partial charge in [0.2, 0.25) is 23.0 Å². The average Bonchev–Trinajstić information content (AvgIpc) is 3.09. The third kappa shape index (κ3) is 4.12. The van der Waals surface area contributed by atoms with Crippen molar-refractivity contribution >= 4 is 23.1 Å². The fraction of sp³-hybridized carbons (Fsp3) is 0.176. The Morgan fingerprint density at radius 3 is 0.955 bits per heavy atom. The van der Waals surface area contributed by atoms with Crippen LogP contribution in [0.15, 0.2) is 121 Å². The van der Waals surface area contributed by atoms with Crippen LogP contribution in [0.1, 0.15) is 41.4 Å². The van der Waals surface area contributed by atoms with E-state index in [9.17, 15) is 49.8 Å². The average molecular weight is 597 g/mol. The summed E-state index contributed by atoms with van der Waals surface area (Å²) in [6.45, 7) is 0. The summed E-state index contributed by atoms with van der Waals surface area (Å²) in [6, 6.07) is 26.0. The highest BCUT2D eigenvalue weighted by Crippen LogP contribution is 2.53. The number of ketones is 4. The Hall–Kier alpha value is -4.68. The minimum Gasteiger partial charge on any atom is -0.386 e. The van der Waals surface area contributed by atoms with Crippen LogP contribution in [-0.4, -0.2) is 88.4 Å². The number of aliphatic hydroxyl groups is 6. The van der Waals surface area contributed by atoms with Crippen LogP contribution in [-0.2, 0) is 0 Å². The molecule has 44 heavy (non-hydrogen) atoms. The van der Waals surface area contributed by atoms with Gasteiger partial charge in [-0.15, -0.1) is 0 Å². The maximum atomic E-state index is 14.3. The first kappa shape index (κ1) is 30.8. The zero-order chi connectivity index (χ0) is 31.9. The van der Waals surface area contributed by atoms with Crippen molar-refractivity contribution in [1.82, 2.24) is 0 Å². The molecule has 0 radical (unpaired) electrons. The maximum Gasteiger partial charge on any atom is 0.205 e. The van der Waals surface area contributed by atoms with Crippen LogP contribution in [0, 0.1) is 0 Å². The molecule has 2 unspecified atom stereocenters. The molecule has 1 aliphatic carbocycles. The SMILES string of the molecule is O=C(c1ccccc1)C1(O)[C@@H](O)[C@](O)(C(=O)c2ccccc2)C(O)(C(=O)c2ccccc2)[C@](O)(C(=O)c2ccccc2)[C@@H]1O. The number of hydrogen-bond donors (Lipinski definition) is 6. The summed E-state index contributed by atoms with van der Waals surface area (Å²) in [5.74, 6) is -6.46. The van der Waals surface area contributed by atoms with Crippen molar-refractivity contribution in [3.8, 4) is 0 Å².